The van der Waals surface area contributed by atoms with Gasteiger partial charge in [0.2, 0.25) is 0 Å². The fourth-order valence-corrected chi connectivity index (χ4v) is 2.07. The number of carbonyl (C=O) groups is 2. The van der Waals surface area contributed by atoms with Gasteiger partial charge < -0.3 is 10.1 Å². The molecule has 0 spiro atoms. The fraction of sp³-hybridized carbons (Fsp3) is 0.125. The fourth-order valence-electron chi connectivity index (χ4n) is 1.89. The molecule has 8 heteroatoms. The van der Waals surface area contributed by atoms with E-state index in [0.717, 1.165) is 6.07 Å². The van der Waals surface area contributed by atoms with E-state index >= 15 is 0 Å². The summed E-state index contributed by atoms with van der Waals surface area (Å²) in [6, 6.07) is 10.3. The lowest BCUT2D eigenvalue weighted by Crippen LogP contribution is -2.30. The molecule has 1 amide bonds. The zero-order valence-corrected chi connectivity index (χ0v) is 13.3. The number of non-ortho nitro benzene ring substituents is 1. The average molecular weight is 349 g/mol. The Morgan fingerprint density at radius 1 is 1.33 bits per heavy atom. The third-order valence-corrected chi connectivity index (χ3v) is 3.47. The van der Waals surface area contributed by atoms with Crippen LogP contribution in [0.3, 0.4) is 0 Å². The molecule has 2 aromatic carbocycles. The van der Waals surface area contributed by atoms with E-state index in [1.807, 2.05) is 0 Å². The molecule has 124 valence electrons. The van der Waals surface area contributed by atoms with Crippen LogP contribution in [0.25, 0.3) is 0 Å². The molecule has 0 aliphatic carbocycles. The topological polar surface area (TPSA) is 98.5 Å². The largest absolute Gasteiger partial charge is 0.480 e. The molecule has 0 aliphatic rings. The normalized spacial score (nSPS) is 11.4. The van der Waals surface area contributed by atoms with Gasteiger partial charge >= 0.3 is 0 Å². The average Bonchev–Trinajstić information content (AvgIpc) is 2.56. The summed E-state index contributed by atoms with van der Waals surface area (Å²) < 4.78 is 5.44. The van der Waals surface area contributed by atoms with Crippen molar-refractivity contribution < 1.29 is 19.2 Å². The van der Waals surface area contributed by atoms with Crippen LogP contribution >= 0.6 is 11.6 Å². The van der Waals surface area contributed by atoms with Crippen LogP contribution in [-0.2, 0) is 4.79 Å². The first kappa shape index (κ1) is 17.4. The number of para-hydroxylation sites is 1. The Labute approximate surface area is 142 Å². The quantitative estimate of drug-likeness (QED) is 0.489. The molecular weight excluding hydrogens is 336 g/mol. The summed E-state index contributed by atoms with van der Waals surface area (Å²) in [5.74, 6) is -0.393. The van der Waals surface area contributed by atoms with Crippen molar-refractivity contribution in [2.24, 2.45) is 0 Å². The Balaban J connectivity index is 2.12. The van der Waals surface area contributed by atoms with Gasteiger partial charge in [-0.1, -0.05) is 23.7 Å². The van der Waals surface area contributed by atoms with Gasteiger partial charge in [0.15, 0.2) is 12.4 Å². The molecule has 24 heavy (non-hydrogen) atoms. The zero-order valence-electron chi connectivity index (χ0n) is 12.6. The number of rotatable bonds is 6. The van der Waals surface area contributed by atoms with Crippen LogP contribution < -0.4 is 10.1 Å². The lowest BCUT2D eigenvalue weighted by Gasteiger charge is -2.16. The number of nitrogens with one attached hydrogen (secondary N) is 1. The first-order valence-corrected chi connectivity index (χ1v) is 7.26. The number of ether oxygens (including phenoxy) is 1. The minimum atomic E-state index is -0.943. The van der Waals surface area contributed by atoms with Crippen molar-refractivity contribution >= 4 is 35.2 Å². The van der Waals surface area contributed by atoms with Gasteiger partial charge in [-0.05, 0) is 25.1 Å². The van der Waals surface area contributed by atoms with Crippen LogP contribution in [0.4, 0.5) is 11.4 Å². The summed E-state index contributed by atoms with van der Waals surface area (Å²) in [4.78, 5) is 33.3. The monoisotopic (exact) mass is 348 g/mol. The number of aldehydes is 1. The Morgan fingerprint density at radius 2 is 2.04 bits per heavy atom. The molecule has 1 atom stereocenters. The first-order chi connectivity index (χ1) is 11.4. The third-order valence-electron chi connectivity index (χ3n) is 3.14. The Kier molecular flexibility index (Phi) is 5.49. The van der Waals surface area contributed by atoms with Crippen LogP contribution in [-0.4, -0.2) is 23.2 Å². The summed E-state index contributed by atoms with van der Waals surface area (Å²) in [5, 5.41) is 13.7. The van der Waals surface area contributed by atoms with Crippen LogP contribution in [0.5, 0.6) is 5.75 Å². The lowest BCUT2D eigenvalue weighted by atomic mass is 10.2. The maximum absolute atomic E-state index is 12.2. The summed E-state index contributed by atoms with van der Waals surface area (Å²) in [6.45, 7) is 1.49. The summed E-state index contributed by atoms with van der Waals surface area (Å²) in [5.41, 5.74) is 0.179. The standard InChI is InChI=1S/C16H13ClN2O5/c1-10(16(21)18-14-5-3-2-4-13(14)17)24-15-7-6-12(19(22)23)8-11(15)9-20/h2-10H,1H3,(H,18,21)/t10-/m0/s1. The summed E-state index contributed by atoms with van der Waals surface area (Å²) in [6.07, 6.45) is -0.512. The number of nitro groups is 1. The molecule has 2 rings (SSSR count). The molecule has 0 unspecified atom stereocenters. The van der Waals surface area contributed by atoms with Crippen LogP contribution in [0.1, 0.15) is 17.3 Å². The van der Waals surface area contributed by atoms with Gasteiger partial charge in [-0.3, -0.25) is 19.7 Å². The van der Waals surface area contributed by atoms with Crippen molar-refractivity contribution in [2.75, 3.05) is 5.32 Å². The number of anilines is 1. The molecular formula is C16H13ClN2O5. The molecule has 2 aromatic rings. The van der Waals surface area contributed by atoms with E-state index in [2.05, 4.69) is 5.32 Å². The SMILES string of the molecule is C[C@H](Oc1ccc([N+](=O)[O-])cc1C=O)C(=O)Nc1ccccc1Cl. The van der Waals surface area contributed by atoms with Gasteiger partial charge in [-0.15, -0.1) is 0 Å². The van der Waals surface area contributed by atoms with Crippen molar-refractivity contribution in [3.63, 3.8) is 0 Å². The van der Waals surface area contributed by atoms with Gasteiger partial charge in [0.05, 0.1) is 21.2 Å². The number of nitro benzene ring substituents is 1. The first-order valence-electron chi connectivity index (χ1n) is 6.88. The van der Waals surface area contributed by atoms with E-state index in [4.69, 9.17) is 16.3 Å². The van der Waals surface area contributed by atoms with E-state index in [1.54, 1.807) is 24.3 Å². The lowest BCUT2D eigenvalue weighted by molar-refractivity contribution is -0.384. The minimum Gasteiger partial charge on any atom is -0.480 e. The minimum absolute atomic E-state index is 0.0124. The molecule has 0 aliphatic heterocycles. The highest BCUT2D eigenvalue weighted by atomic mass is 35.5. The van der Waals surface area contributed by atoms with Gasteiger partial charge in [-0.2, -0.15) is 0 Å². The Hall–Kier alpha value is -2.93. The molecule has 0 saturated heterocycles. The highest BCUT2D eigenvalue weighted by Gasteiger charge is 2.19. The van der Waals surface area contributed by atoms with Crippen molar-refractivity contribution in [3.05, 3.63) is 63.2 Å². The summed E-state index contributed by atoms with van der Waals surface area (Å²) in [7, 11) is 0. The molecule has 7 nitrogen and oxygen atoms in total. The maximum Gasteiger partial charge on any atom is 0.270 e. The zero-order chi connectivity index (χ0) is 17.7. The molecule has 0 saturated carbocycles. The van der Waals surface area contributed by atoms with Gasteiger partial charge in [0.25, 0.3) is 11.6 Å². The second kappa shape index (κ2) is 7.56. The van der Waals surface area contributed by atoms with Gasteiger partial charge in [-0.25, -0.2) is 0 Å². The number of amides is 1. The van der Waals surface area contributed by atoms with Gasteiger partial charge in [0.1, 0.15) is 5.75 Å². The van der Waals surface area contributed by atoms with E-state index in [-0.39, 0.29) is 17.0 Å². The number of halogens is 1. The Morgan fingerprint density at radius 3 is 2.67 bits per heavy atom. The van der Waals surface area contributed by atoms with Gasteiger partial charge in [0, 0.05) is 12.1 Å². The number of nitrogens with zero attached hydrogens (tertiary/aromatic N) is 1. The van der Waals surface area contributed by atoms with Crippen LogP contribution in [0, 0.1) is 10.1 Å². The highest BCUT2D eigenvalue weighted by molar-refractivity contribution is 6.33. The smallest absolute Gasteiger partial charge is 0.270 e. The van der Waals surface area contributed by atoms with Crippen molar-refractivity contribution in [1.29, 1.82) is 0 Å². The molecule has 0 aromatic heterocycles. The van der Waals surface area contributed by atoms with Crippen molar-refractivity contribution in [2.45, 2.75) is 13.0 Å². The van der Waals surface area contributed by atoms with E-state index in [0.29, 0.717) is 17.0 Å². The van der Waals surface area contributed by atoms with E-state index < -0.39 is 16.9 Å². The predicted molar refractivity (Wildman–Crippen MR) is 88.7 cm³/mol. The molecule has 0 bridgehead atoms. The van der Waals surface area contributed by atoms with E-state index in [1.165, 1.54) is 19.1 Å². The number of carbonyl (C=O) groups excluding carboxylic acids is 2. The number of hydrogen-bond acceptors (Lipinski definition) is 5. The molecule has 0 radical (unpaired) electrons. The second-order valence-corrected chi connectivity index (χ2v) is 5.23. The molecule has 1 N–H and O–H groups in total. The highest BCUT2D eigenvalue weighted by Crippen LogP contribution is 2.25. The molecule has 0 fully saturated rings. The Bertz CT molecular complexity index is 794. The van der Waals surface area contributed by atoms with E-state index in [9.17, 15) is 19.7 Å². The third kappa shape index (κ3) is 4.08. The number of benzene rings is 2. The number of hydrogen-bond donors (Lipinski definition) is 1. The van der Waals surface area contributed by atoms with Crippen molar-refractivity contribution in [1.82, 2.24) is 0 Å². The predicted octanol–water partition coefficient (Wildman–Crippen LogP) is 3.47. The maximum atomic E-state index is 12.2. The van der Waals surface area contributed by atoms with Crippen LogP contribution in [0.15, 0.2) is 42.5 Å². The molecule has 0 heterocycles. The van der Waals surface area contributed by atoms with Crippen LogP contribution in [0.2, 0.25) is 5.02 Å². The second-order valence-electron chi connectivity index (χ2n) is 4.83. The summed E-state index contributed by atoms with van der Waals surface area (Å²) >= 11 is 5.96. The van der Waals surface area contributed by atoms with Crippen molar-refractivity contribution in [3.8, 4) is 5.75 Å².